The van der Waals surface area contributed by atoms with E-state index >= 15 is 0 Å². The maximum absolute atomic E-state index is 13.2. The lowest BCUT2D eigenvalue weighted by Gasteiger charge is -2.35. The van der Waals surface area contributed by atoms with E-state index in [0.29, 0.717) is 56.8 Å². The van der Waals surface area contributed by atoms with Crippen LogP contribution in [0.5, 0.6) is 0 Å². The number of carboxylic acids is 2. The molecule has 2 atom stereocenters. The number of aryl methyl sites for hydroxylation is 2. The number of nitrogens with zero attached hydrogens (tertiary/aromatic N) is 6. The lowest BCUT2D eigenvalue weighted by Crippen LogP contribution is -2.41. The minimum absolute atomic E-state index is 0.0126. The first-order valence-electron chi connectivity index (χ1n) is 32.6. The Morgan fingerprint density at radius 1 is 0.456 bits per heavy atom. The molecule has 4 aromatic carbocycles. The SMILES string of the molecule is CCCCCCCCCCCc1noc(-c2ccc(CN(C(=O)C(=O)O)C(c3ccc(C(F)(F)F)cc3)C3CCCC3)cc2)n1.CCCCCCCCCCCc1noc(-c2ccc(CN(C(=O)C(=O)O)C(c3ccc(C(F)(F)F)cc3)C3CCCC3)cc2)n1. The van der Waals surface area contributed by atoms with Gasteiger partial charge in [0.25, 0.3) is 11.8 Å². The molecule has 2 N–H and O–H groups in total. The van der Waals surface area contributed by atoms with E-state index in [1.165, 1.54) is 124 Å². The van der Waals surface area contributed by atoms with Crippen LogP contribution in [0, 0.1) is 11.8 Å². The Kier molecular flexibility index (Phi) is 27.5. The van der Waals surface area contributed by atoms with Crippen molar-refractivity contribution in [1.82, 2.24) is 30.1 Å². The quantitative estimate of drug-likeness (QED) is 0.0231. The van der Waals surface area contributed by atoms with Gasteiger partial charge in [-0.2, -0.15) is 36.3 Å². The molecule has 6 aromatic rings. The lowest BCUT2D eigenvalue weighted by atomic mass is 9.89. The third-order valence-electron chi connectivity index (χ3n) is 17.5. The molecule has 20 heteroatoms. The van der Waals surface area contributed by atoms with Gasteiger partial charge in [0.1, 0.15) is 0 Å². The van der Waals surface area contributed by atoms with Gasteiger partial charge in [0, 0.05) is 37.1 Å². The summed E-state index contributed by atoms with van der Waals surface area (Å²) < 4.78 is 90.4. The largest absolute Gasteiger partial charge is 0.474 e. The van der Waals surface area contributed by atoms with E-state index in [0.717, 1.165) is 114 Å². The second-order valence-electron chi connectivity index (χ2n) is 24.3. The Labute approximate surface area is 524 Å². The molecule has 90 heavy (non-hydrogen) atoms. The number of benzene rings is 4. The predicted molar refractivity (Wildman–Crippen MR) is 330 cm³/mol. The number of carbonyl (C=O) groups is 4. The van der Waals surface area contributed by atoms with Crippen molar-refractivity contribution in [3.63, 3.8) is 0 Å². The summed E-state index contributed by atoms with van der Waals surface area (Å²) >= 11 is 0. The molecule has 2 aromatic heterocycles. The Bertz CT molecular complexity index is 2910. The van der Waals surface area contributed by atoms with Crippen molar-refractivity contribution in [3.8, 4) is 22.9 Å². The molecule has 0 saturated heterocycles. The lowest BCUT2D eigenvalue weighted by molar-refractivity contribution is -0.158. The third-order valence-corrected chi connectivity index (χ3v) is 17.5. The molecule has 0 spiro atoms. The highest BCUT2D eigenvalue weighted by molar-refractivity contribution is 6.31. The van der Waals surface area contributed by atoms with Crippen LogP contribution in [0.3, 0.4) is 0 Å². The molecule has 2 aliphatic carbocycles. The molecule has 8 rings (SSSR count). The van der Waals surface area contributed by atoms with Crippen LogP contribution in [0.15, 0.2) is 106 Å². The fourth-order valence-electron chi connectivity index (χ4n) is 12.6. The number of rotatable bonds is 32. The molecule has 0 bridgehead atoms. The van der Waals surface area contributed by atoms with Crippen molar-refractivity contribution < 1.29 is 64.8 Å². The molecule has 0 radical (unpaired) electrons. The van der Waals surface area contributed by atoms with Gasteiger partial charge in [-0.1, -0.05) is 201 Å². The average molecular weight is 1260 g/mol. The second-order valence-corrected chi connectivity index (χ2v) is 24.3. The number of amides is 2. The first-order valence-corrected chi connectivity index (χ1v) is 32.6. The Morgan fingerprint density at radius 3 is 1.04 bits per heavy atom. The number of unbranched alkanes of at least 4 members (excludes halogenated alkanes) is 16. The number of aromatic nitrogens is 4. The molecule has 0 aliphatic heterocycles. The van der Waals surface area contributed by atoms with Gasteiger partial charge in [-0.3, -0.25) is 9.59 Å². The van der Waals surface area contributed by atoms with Crippen molar-refractivity contribution in [1.29, 1.82) is 0 Å². The first kappa shape index (κ1) is 70.1. The smallest absolute Gasteiger partial charge is 0.416 e. The molecule has 2 amide bonds. The maximum atomic E-state index is 13.2. The number of alkyl halides is 6. The number of aliphatic carboxylic acids is 2. The zero-order chi connectivity index (χ0) is 64.5. The van der Waals surface area contributed by atoms with Crippen LogP contribution in [0.4, 0.5) is 26.3 Å². The third kappa shape index (κ3) is 21.4. The van der Waals surface area contributed by atoms with Gasteiger partial charge in [0.05, 0.1) is 23.2 Å². The number of hydrogen-bond donors (Lipinski definition) is 2. The van der Waals surface area contributed by atoms with Crippen LogP contribution in [0.2, 0.25) is 0 Å². The summed E-state index contributed by atoms with van der Waals surface area (Å²) in [5.74, 6) is -3.42. The van der Waals surface area contributed by atoms with Gasteiger partial charge in [-0.25, -0.2) is 9.59 Å². The van der Waals surface area contributed by atoms with E-state index in [1.807, 2.05) is 0 Å². The molecule has 2 heterocycles. The number of carbonyl (C=O) groups excluding carboxylic acids is 2. The van der Waals surface area contributed by atoms with Gasteiger partial charge in [-0.15, -0.1) is 0 Å². The molecule has 2 saturated carbocycles. The fraction of sp³-hybridized carbons (Fsp3) is 0.543. The van der Waals surface area contributed by atoms with Crippen molar-refractivity contribution in [3.05, 3.63) is 142 Å². The van der Waals surface area contributed by atoms with E-state index < -0.39 is 59.3 Å². The van der Waals surface area contributed by atoms with E-state index in [2.05, 4.69) is 34.1 Å². The van der Waals surface area contributed by atoms with Crippen molar-refractivity contribution in [2.24, 2.45) is 11.8 Å². The highest BCUT2D eigenvalue weighted by Crippen LogP contribution is 2.43. The summed E-state index contributed by atoms with van der Waals surface area (Å²) in [4.78, 5) is 61.6. The minimum Gasteiger partial charge on any atom is -0.474 e. The van der Waals surface area contributed by atoms with Crippen LogP contribution in [0.25, 0.3) is 22.9 Å². The molecular formula is C70H88F6N6O8. The van der Waals surface area contributed by atoms with Crippen LogP contribution < -0.4 is 0 Å². The predicted octanol–water partition coefficient (Wildman–Crippen LogP) is 18.3. The standard InChI is InChI=1S/2C35H44F3N3O4/c2*1-2-3-4-5-6-7-8-9-10-15-30-39-32(45-40-30)28-18-16-25(17-19-28)24-41(33(42)34(43)44)31(26-13-11-12-14-26)27-20-22-29(23-21-27)35(36,37)38/h2*16-23,26,31H,2-15,24H2,1H3,(H,43,44). The average Bonchev–Trinajstić information content (AvgIpc) is 1.29. The van der Waals surface area contributed by atoms with Crippen LogP contribution in [-0.2, 0) is 57.5 Å². The van der Waals surface area contributed by atoms with Gasteiger partial charge >= 0.3 is 36.1 Å². The maximum Gasteiger partial charge on any atom is 0.416 e. The van der Waals surface area contributed by atoms with Crippen LogP contribution in [-0.4, -0.2) is 64.0 Å². The van der Waals surface area contributed by atoms with Gasteiger partial charge < -0.3 is 29.1 Å². The Balaban J connectivity index is 0.000000256. The number of hydrogen-bond acceptors (Lipinski definition) is 10. The van der Waals surface area contributed by atoms with E-state index in [-0.39, 0.29) is 24.9 Å². The summed E-state index contributed by atoms with van der Waals surface area (Å²) in [6.45, 7) is 4.43. The number of halogens is 6. The summed E-state index contributed by atoms with van der Waals surface area (Å²) in [6, 6.07) is 22.3. The van der Waals surface area contributed by atoms with Crippen LogP contribution in [0.1, 0.15) is 238 Å². The highest BCUT2D eigenvalue weighted by atomic mass is 19.4. The zero-order valence-corrected chi connectivity index (χ0v) is 52.1. The van der Waals surface area contributed by atoms with E-state index in [4.69, 9.17) is 9.05 Å². The summed E-state index contributed by atoms with van der Waals surface area (Å²) in [6.07, 6.45) is 21.4. The van der Waals surface area contributed by atoms with E-state index in [9.17, 15) is 55.7 Å². The molecule has 2 unspecified atom stereocenters. The molecule has 488 valence electrons. The molecule has 2 fully saturated rings. The highest BCUT2D eigenvalue weighted by Gasteiger charge is 2.40. The normalized spacial score (nSPS) is 14.5. The number of carboxylic acid groups (broad SMARTS) is 2. The summed E-state index contributed by atoms with van der Waals surface area (Å²) in [7, 11) is 0. The minimum atomic E-state index is -4.49. The van der Waals surface area contributed by atoms with Crippen molar-refractivity contribution >= 4 is 23.8 Å². The topological polar surface area (TPSA) is 193 Å². The Morgan fingerprint density at radius 2 is 0.756 bits per heavy atom. The molecule has 2 aliphatic rings. The van der Waals surface area contributed by atoms with E-state index in [1.54, 1.807) is 48.5 Å². The van der Waals surface area contributed by atoms with Gasteiger partial charge in [0.2, 0.25) is 0 Å². The Hall–Kier alpha value is -7.38. The van der Waals surface area contributed by atoms with Crippen molar-refractivity contribution in [2.45, 2.75) is 231 Å². The summed E-state index contributed by atoms with van der Waals surface area (Å²) in [5.41, 5.74) is 2.17. The van der Waals surface area contributed by atoms with Gasteiger partial charge in [0.15, 0.2) is 11.6 Å². The monoisotopic (exact) mass is 1250 g/mol. The van der Waals surface area contributed by atoms with Gasteiger partial charge in [-0.05, 0) is 121 Å². The molecule has 14 nitrogen and oxygen atoms in total. The fourth-order valence-corrected chi connectivity index (χ4v) is 12.6. The zero-order valence-electron chi connectivity index (χ0n) is 52.1. The second kappa shape index (κ2) is 35.3. The summed E-state index contributed by atoms with van der Waals surface area (Å²) in [5, 5.41) is 27.6. The van der Waals surface area contributed by atoms with Crippen LogP contribution >= 0.6 is 0 Å². The van der Waals surface area contributed by atoms with Crippen molar-refractivity contribution in [2.75, 3.05) is 0 Å². The molecular weight excluding hydrogens is 1170 g/mol. The first-order chi connectivity index (χ1) is 43.3.